The molecule has 0 fully saturated rings. The van der Waals surface area contributed by atoms with E-state index in [1.165, 1.54) is 17.4 Å². The Morgan fingerprint density at radius 2 is 1.83 bits per heavy atom. The van der Waals surface area contributed by atoms with Gasteiger partial charge in [-0.1, -0.05) is 52.3 Å². The van der Waals surface area contributed by atoms with Gasteiger partial charge in [-0.3, -0.25) is 9.59 Å². The van der Waals surface area contributed by atoms with Crippen molar-refractivity contribution in [2.24, 2.45) is 0 Å². The fourth-order valence-corrected chi connectivity index (χ4v) is 2.61. The Bertz CT molecular complexity index is 674. The van der Waals surface area contributed by atoms with Crippen molar-refractivity contribution >= 4 is 33.4 Å². The Kier molecular flexibility index (Phi) is 6.35. The minimum atomic E-state index is -0.170. The lowest BCUT2D eigenvalue weighted by Gasteiger charge is -2.21. The summed E-state index contributed by atoms with van der Waals surface area (Å²) in [5, 5.41) is 2.86. The molecule has 0 heterocycles. The van der Waals surface area contributed by atoms with Crippen molar-refractivity contribution in [3.05, 3.63) is 64.6 Å². The maximum atomic E-state index is 12.1. The van der Waals surface area contributed by atoms with Crippen molar-refractivity contribution in [1.29, 1.82) is 0 Å². The second-order valence-electron chi connectivity index (χ2n) is 5.17. The molecule has 4 nitrogen and oxygen atoms in total. The van der Waals surface area contributed by atoms with Gasteiger partial charge in [-0.2, -0.15) is 0 Å². The van der Waals surface area contributed by atoms with E-state index in [4.69, 9.17) is 0 Å². The molecule has 1 N–H and O–H groups in total. The Labute approximate surface area is 144 Å². The summed E-state index contributed by atoms with van der Waals surface area (Å²) in [4.78, 5) is 25.4. The van der Waals surface area contributed by atoms with E-state index in [0.717, 1.165) is 10.9 Å². The maximum Gasteiger partial charge on any atom is 0.240 e. The smallest absolute Gasteiger partial charge is 0.240 e. The molecular formula is C18H19BrN2O2. The van der Waals surface area contributed by atoms with Crippen molar-refractivity contribution in [1.82, 2.24) is 5.32 Å². The fourth-order valence-electron chi connectivity index (χ4n) is 2.22. The highest BCUT2D eigenvalue weighted by molar-refractivity contribution is 9.10. The van der Waals surface area contributed by atoms with Crippen LogP contribution in [0.3, 0.4) is 0 Å². The van der Waals surface area contributed by atoms with Gasteiger partial charge in [0.15, 0.2) is 0 Å². The molecule has 2 rings (SSSR count). The molecule has 0 aliphatic heterocycles. The Morgan fingerprint density at radius 1 is 1.09 bits per heavy atom. The Hall–Kier alpha value is -2.14. The number of carbonyl (C=O) groups excluding carboxylic acids is 2. The first kappa shape index (κ1) is 17.2. The summed E-state index contributed by atoms with van der Waals surface area (Å²) in [6.45, 7) is 2.02. The first-order chi connectivity index (χ1) is 11.1. The average Bonchev–Trinajstić information content (AvgIpc) is 2.53. The zero-order valence-electron chi connectivity index (χ0n) is 13.0. The van der Waals surface area contributed by atoms with Crippen LogP contribution < -0.4 is 10.2 Å². The Balaban J connectivity index is 1.90. The summed E-state index contributed by atoms with van der Waals surface area (Å²) >= 11 is 3.38. The van der Waals surface area contributed by atoms with Crippen LogP contribution in [-0.4, -0.2) is 24.9 Å². The van der Waals surface area contributed by atoms with Crippen LogP contribution in [0, 0.1) is 0 Å². The monoisotopic (exact) mass is 374 g/mol. The molecule has 0 aliphatic carbocycles. The van der Waals surface area contributed by atoms with Gasteiger partial charge >= 0.3 is 0 Å². The van der Waals surface area contributed by atoms with Gasteiger partial charge in [-0.05, 0) is 30.2 Å². The molecule has 0 spiro atoms. The summed E-state index contributed by atoms with van der Waals surface area (Å²) in [7, 11) is 0. The number of carbonyl (C=O) groups is 2. The van der Waals surface area contributed by atoms with Crippen LogP contribution in [0.15, 0.2) is 59.1 Å². The van der Waals surface area contributed by atoms with Crippen molar-refractivity contribution in [3.63, 3.8) is 0 Å². The molecule has 2 amide bonds. The molecule has 23 heavy (non-hydrogen) atoms. The molecule has 120 valence electrons. The van der Waals surface area contributed by atoms with E-state index in [9.17, 15) is 9.59 Å². The van der Waals surface area contributed by atoms with Crippen molar-refractivity contribution < 1.29 is 9.59 Å². The first-order valence-electron chi connectivity index (χ1n) is 7.40. The summed E-state index contributed by atoms with van der Waals surface area (Å²) < 4.78 is 0.866. The first-order valence-corrected chi connectivity index (χ1v) is 8.20. The molecule has 0 atom stereocenters. The number of hydrogen-bond acceptors (Lipinski definition) is 2. The predicted octanol–water partition coefficient (Wildman–Crippen LogP) is 3.16. The topological polar surface area (TPSA) is 49.4 Å². The van der Waals surface area contributed by atoms with E-state index in [2.05, 4.69) is 21.2 Å². The summed E-state index contributed by atoms with van der Waals surface area (Å²) in [5.41, 5.74) is 1.87. The predicted molar refractivity (Wildman–Crippen MR) is 95.3 cm³/mol. The number of benzene rings is 2. The molecule has 5 heteroatoms. The lowest BCUT2D eigenvalue weighted by atomic mass is 10.1. The van der Waals surface area contributed by atoms with E-state index < -0.39 is 0 Å². The average molecular weight is 375 g/mol. The molecule has 2 aromatic carbocycles. The largest absolute Gasteiger partial charge is 0.354 e. The third kappa shape index (κ3) is 5.53. The normalized spacial score (nSPS) is 10.2. The molecule has 2 aromatic rings. The van der Waals surface area contributed by atoms with E-state index in [1.807, 2.05) is 54.6 Å². The van der Waals surface area contributed by atoms with Crippen LogP contribution in [0.1, 0.15) is 12.5 Å². The van der Waals surface area contributed by atoms with Gasteiger partial charge in [0.05, 0.1) is 0 Å². The van der Waals surface area contributed by atoms with E-state index in [-0.39, 0.29) is 18.4 Å². The van der Waals surface area contributed by atoms with Gasteiger partial charge < -0.3 is 10.2 Å². The quantitative estimate of drug-likeness (QED) is 0.843. The van der Waals surface area contributed by atoms with Crippen molar-refractivity contribution in [2.75, 3.05) is 18.0 Å². The number of nitrogens with zero attached hydrogens (tertiary/aromatic N) is 1. The second kappa shape index (κ2) is 8.48. The number of halogens is 1. The zero-order chi connectivity index (χ0) is 16.7. The third-order valence-electron chi connectivity index (χ3n) is 3.38. The molecule has 0 unspecified atom stereocenters. The lowest BCUT2D eigenvalue weighted by molar-refractivity contribution is -0.123. The molecule has 0 saturated heterocycles. The highest BCUT2D eigenvalue weighted by atomic mass is 79.9. The third-order valence-corrected chi connectivity index (χ3v) is 3.87. The van der Waals surface area contributed by atoms with E-state index in [1.54, 1.807) is 0 Å². The van der Waals surface area contributed by atoms with Crippen LogP contribution in [-0.2, 0) is 16.0 Å². The lowest BCUT2D eigenvalue weighted by Crippen LogP contribution is -2.40. The van der Waals surface area contributed by atoms with Gasteiger partial charge in [0, 0.05) is 23.6 Å². The molecule has 0 saturated carbocycles. The van der Waals surface area contributed by atoms with Crippen LogP contribution in [0.4, 0.5) is 5.69 Å². The van der Waals surface area contributed by atoms with Crippen LogP contribution in [0.25, 0.3) is 0 Å². The highest BCUT2D eigenvalue weighted by Crippen LogP contribution is 2.19. The van der Waals surface area contributed by atoms with Gasteiger partial charge in [-0.25, -0.2) is 0 Å². The SMILES string of the molecule is CC(=O)N(CC(=O)NCCc1ccccc1)c1cccc(Br)c1. The number of nitrogens with one attached hydrogen (secondary N) is 1. The van der Waals surface area contributed by atoms with E-state index in [0.29, 0.717) is 12.2 Å². The fraction of sp³-hybridized carbons (Fsp3) is 0.222. The van der Waals surface area contributed by atoms with Gasteiger partial charge in [0.1, 0.15) is 6.54 Å². The van der Waals surface area contributed by atoms with E-state index >= 15 is 0 Å². The van der Waals surface area contributed by atoms with Gasteiger partial charge in [-0.15, -0.1) is 0 Å². The number of anilines is 1. The molecule has 0 radical (unpaired) electrons. The molecule has 0 aromatic heterocycles. The molecular weight excluding hydrogens is 356 g/mol. The molecule has 0 aliphatic rings. The summed E-state index contributed by atoms with van der Waals surface area (Å²) in [6, 6.07) is 17.3. The zero-order valence-corrected chi connectivity index (χ0v) is 14.5. The van der Waals surface area contributed by atoms with Crippen LogP contribution in [0.5, 0.6) is 0 Å². The van der Waals surface area contributed by atoms with Gasteiger partial charge in [0.25, 0.3) is 0 Å². The summed E-state index contributed by atoms with van der Waals surface area (Å²) in [6.07, 6.45) is 0.767. The maximum absolute atomic E-state index is 12.1. The number of hydrogen-bond donors (Lipinski definition) is 1. The number of rotatable bonds is 6. The van der Waals surface area contributed by atoms with Crippen molar-refractivity contribution in [3.8, 4) is 0 Å². The standard InChI is InChI=1S/C18H19BrN2O2/c1-14(22)21(17-9-5-8-16(19)12-17)13-18(23)20-11-10-15-6-3-2-4-7-15/h2-9,12H,10-11,13H2,1H3,(H,20,23). The minimum Gasteiger partial charge on any atom is -0.354 e. The van der Waals surface area contributed by atoms with Crippen molar-refractivity contribution in [2.45, 2.75) is 13.3 Å². The second-order valence-corrected chi connectivity index (χ2v) is 6.09. The highest BCUT2D eigenvalue weighted by Gasteiger charge is 2.15. The van der Waals surface area contributed by atoms with Crippen LogP contribution in [0.2, 0.25) is 0 Å². The minimum absolute atomic E-state index is 0.0145. The van der Waals surface area contributed by atoms with Crippen LogP contribution >= 0.6 is 15.9 Å². The molecule has 0 bridgehead atoms. The summed E-state index contributed by atoms with van der Waals surface area (Å²) in [5.74, 6) is -0.336. The Morgan fingerprint density at radius 3 is 2.48 bits per heavy atom. The number of amides is 2. The van der Waals surface area contributed by atoms with Gasteiger partial charge in [0.2, 0.25) is 11.8 Å².